The second-order valence-electron chi connectivity index (χ2n) is 5.47. The quantitative estimate of drug-likeness (QED) is 0.763. The fourth-order valence-corrected chi connectivity index (χ4v) is 2.14. The number of phenols is 1. The Morgan fingerprint density at radius 2 is 1.71 bits per heavy atom. The Morgan fingerprint density at radius 1 is 1.04 bits per heavy atom. The Hall–Kier alpha value is -2.82. The summed E-state index contributed by atoms with van der Waals surface area (Å²) in [6.07, 6.45) is 3.30. The third-order valence-electron chi connectivity index (χ3n) is 3.49. The zero-order chi connectivity index (χ0) is 17.4. The maximum absolute atomic E-state index is 11.8. The van der Waals surface area contributed by atoms with Crippen LogP contribution in [0.3, 0.4) is 0 Å². The largest absolute Gasteiger partial charge is 0.508 e. The fraction of sp³-hybridized carbons (Fsp3) is 0.263. The van der Waals surface area contributed by atoms with Gasteiger partial charge in [-0.15, -0.1) is 0 Å². The van der Waals surface area contributed by atoms with Crippen molar-refractivity contribution in [2.45, 2.75) is 26.2 Å². The molecule has 0 bridgehead atoms. The van der Waals surface area contributed by atoms with E-state index in [1.807, 2.05) is 24.3 Å². The molecule has 0 radical (unpaired) electrons. The lowest BCUT2D eigenvalue weighted by Crippen LogP contribution is -2.20. The van der Waals surface area contributed by atoms with E-state index < -0.39 is 11.9 Å². The normalized spacial score (nSPS) is 10.2. The number of hydrogen-bond donors (Lipinski definition) is 2. The van der Waals surface area contributed by atoms with Crippen molar-refractivity contribution in [2.24, 2.45) is 0 Å². The summed E-state index contributed by atoms with van der Waals surface area (Å²) < 4.78 is 4.95. The second kappa shape index (κ2) is 8.72. The van der Waals surface area contributed by atoms with E-state index in [4.69, 9.17) is 4.74 Å². The van der Waals surface area contributed by atoms with E-state index in [1.54, 1.807) is 0 Å². The lowest BCUT2D eigenvalue weighted by molar-refractivity contribution is -0.119. The molecule has 2 aromatic carbocycles. The zero-order valence-corrected chi connectivity index (χ0v) is 13.6. The molecule has 2 aromatic rings. The van der Waals surface area contributed by atoms with Crippen molar-refractivity contribution >= 4 is 17.6 Å². The van der Waals surface area contributed by atoms with Crippen molar-refractivity contribution in [3.8, 4) is 5.75 Å². The van der Waals surface area contributed by atoms with Crippen LogP contribution in [0.4, 0.5) is 5.69 Å². The molecule has 0 saturated carbocycles. The molecule has 0 atom stereocenters. The van der Waals surface area contributed by atoms with Crippen molar-refractivity contribution in [3.05, 3.63) is 59.7 Å². The van der Waals surface area contributed by atoms with Gasteiger partial charge in [0.2, 0.25) is 0 Å². The van der Waals surface area contributed by atoms with Gasteiger partial charge in [-0.2, -0.15) is 0 Å². The molecule has 0 spiro atoms. The predicted octanol–water partition coefficient (Wildman–Crippen LogP) is 3.53. The van der Waals surface area contributed by atoms with Gasteiger partial charge in [-0.3, -0.25) is 4.79 Å². The number of amides is 1. The van der Waals surface area contributed by atoms with Gasteiger partial charge in [0.15, 0.2) is 6.61 Å². The van der Waals surface area contributed by atoms with E-state index >= 15 is 0 Å². The maximum atomic E-state index is 11.8. The average Bonchev–Trinajstić information content (AvgIpc) is 2.59. The number of carbonyl (C=O) groups excluding carboxylic acids is 2. The summed E-state index contributed by atoms with van der Waals surface area (Å²) in [5, 5.41) is 11.9. The SMILES string of the molecule is CCCCc1ccc(NC(=O)COC(=O)c2ccc(O)cc2)cc1. The Morgan fingerprint density at radius 3 is 2.33 bits per heavy atom. The van der Waals surface area contributed by atoms with Gasteiger partial charge in [-0.05, 0) is 54.8 Å². The lowest BCUT2D eigenvalue weighted by atomic mass is 10.1. The molecule has 0 fully saturated rings. The molecule has 1 amide bonds. The molecule has 24 heavy (non-hydrogen) atoms. The molecule has 0 saturated heterocycles. The van der Waals surface area contributed by atoms with Crippen molar-refractivity contribution in [3.63, 3.8) is 0 Å². The van der Waals surface area contributed by atoms with Gasteiger partial charge < -0.3 is 15.2 Å². The minimum absolute atomic E-state index is 0.0617. The van der Waals surface area contributed by atoms with Crippen LogP contribution >= 0.6 is 0 Å². The summed E-state index contributed by atoms with van der Waals surface area (Å²) in [6, 6.07) is 13.3. The number of anilines is 1. The van der Waals surface area contributed by atoms with Gasteiger partial charge >= 0.3 is 5.97 Å². The predicted molar refractivity (Wildman–Crippen MR) is 92.1 cm³/mol. The molecular formula is C19H21NO4. The summed E-state index contributed by atoms with van der Waals surface area (Å²) >= 11 is 0. The highest BCUT2D eigenvalue weighted by molar-refractivity contribution is 5.95. The Bertz CT molecular complexity index is 678. The van der Waals surface area contributed by atoms with Gasteiger partial charge in [-0.25, -0.2) is 4.79 Å². The maximum Gasteiger partial charge on any atom is 0.338 e. The number of esters is 1. The molecular weight excluding hydrogens is 306 g/mol. The van der Waals surface area contributed by atoms with Crippen LogP contribution in [-0.2, 0) is 16.0 Å². The number of hydrogen-bond acceptors (Lipinski definition) is 4. The number of carbonyl (C=O) groups is 2. The molecule has 0 aliphatic rings. The summed E-state index contributed by atoms with van der Waals surface area (Å²) in [6.45, 7) is 1.78. The number of unbranched alkanes of at least 4 members (excludes halogenated alkanes) is 1. The first kappa shape index (κ1) is 17.5. The standard InChI is InChI=1S/C19H21NO4/c1-2-3-4-14-5-9-16(10-6-14)20-18(22)13-24-19(23)15-7-11-17(21)12-8-15/h5-12,21H,2-4,13H2,1H3,(H,20,22). The summed E-state index contributed by atoms with van der Waals surface area (Å²) in [4.78, 5) is 23.6. The third-order valence-corrected chi connectivity index (χ3v) is 3.49. The number of phenolic OH excluding ortho intramolecular Hbond substituents is 1. The van der Waals surface area contributed by atoms with Gasteiger partial charge in [0.25, 0.3) is 5.91 Å². The van der Waals surface area contributed by atoms with Gasteiger partial charge in [-0.1, -0.05) is 25.5 Å². The van der Waals surface area contributed by atoms with Crippen LogP contribution in [0.2, 0.25) is 0 Å². The Kier molecular flexibility index (Phi) is 6.37. The number of aryl methyl sites for hydroxylation is 1. The molecule has 5 nitrogen and oxygen atoms in total. The first-order valence-electron chi connectivity index (χ1n) is 7.93. The van der Waals surface area contributed by atoms with E-state index in [0.717, 1.165) is 19.3 Å². The monoisotopic (exact) mass is 327 g/mol. The topological polar surface area (TPSA) is 75.6 Å². The van der Waals surface area contributed by atoms with Crippen molar-refractivity contribution in [1.29, 1.82) is 0 Å². The smallest absolute Gasteiger partial charge is 0.338 e. The van der Waals surface area contributed by atoms with Crippen LogP contribution in [0.15, 0.2) is 48.5 Å². The highest BCUT2D eigenvalue weighted by Crippen LogP contribution is 2.12. The van der Waals surface area contributed by atoms with Crippen molar-refractivity contribution in [2.75, 3.05) is 11.9 Å². The molecule has 0 aliphatic heterocycles. The minimum Gasteiger partial charge on any atom is -0.508 e. The zero-order valence-electron chi connectivity index (χ0n) is 13.6. The highest BCUT2D eigenvalue weighted by Gasteiger charge is 2.10. The number of rotatable bonds is 7. The molecule has 2 N–H and O–H groups in total. The van der Waals surface area contributed by atoms with Crippen LogP contribution in [0.25, 0.3) is 0 Å². The highest BCUT2D eigenvalue weighted by atomic mass is 16.5. The molecule has 2 rings (SSSR count). The Balaban J connectivity index is 1.80. The number of aromatic hydroxyl groups is 1. The number of nitrogens with one attached hydrogen (secondary N) is 1. The lowest BCUT2D eigenvalue weighted by Gasteiger charge is -2.08. The average molecular weight is 327 g/mol. The van der Waals surface area contributed by atoms with E-state index in [0.29, 0.717) is 5.69 Å². The second-order valence-corrected chi connectivity index (χ2v) is 5.47. The van der Waals surface area contributed by atoms with E-state index in [-0.39, 0.29) is 17.9 Å². The fourth-order valence-electron chi connectivity index (χ4n) is 2.14. The minimum atomic E-state index is -0.611. The van der Waals surface area contributed by atoms with Crippen LogP contribution in [0.1, 0.15) is 35.7 Å². The molecule has 126 valence electrons. The van der Waals surface area contributed by atoms with Gasteiger partial charge in [0, 0.05) is 5.69 Å². The molecule has 0 heterocycles. The molecule has 5 heteroatoms. The van der Waals surface area contributed by atoms with Crippen molar-refractivity contribution in [1.82, 2.24) is 0 Å². The third kappa shape index (κ3) is 5.43. The van der Waals surface area contributed by atoms with Crippen LogP contribution in [0, 0.1) is 0 Å². The first-order chi connectivity index (χ1) is 11.6. The number of ether oxygens (including phenoxy) is 1. The van der Waals surface area contributed by atoms with E-state index in [2.05, 4.69) is 12.2 Å². The van der Waals surface area contributed by atoms with Gasteiger partial charge in [0.05, 0.1) is 5.56 Å². The summed E-state index contributed by atoms with van der Waals surface area (Å²) in [5.74, 6) is -0.949. The van der Waals surface area contributed by atoms with Gasteiger partial charge in [0.1, 0.15) is 5.75 Å². The van der Waals surface area contributed by atoms with E-state index in [1.165, 1.54) is 29.8 Å². The first-order valence-corrected chi connectivity index (χ1v) is 7.93. The molecule has 0 aliphatic carbocycles. The van der Waals surface area contributed by atoms with Crippen molar-refractivity contribution < 1.29 is 19.4 Å². The molecule has 0 aromatic heterocycles. The Labute approximate surface area is 141 Å². The molecule has 0 unspecified atom stereocenters. The summed E-state index contributed by atoms with van der Waals surface area (Å²) in [7, 11) is 0. The summed E-state index contributed by atoms with van der Waals surface area (Å²) in [5.41, 5.74) is 2.18. The number of benzene rings is 2. The van der Waals surface area contributed by atoms with Crippen LogP contribution in [-0.4, -0.2) is 23.6 Å². The van der Waals surface area contributed by atoms with Crippen LogP contribution < -0.4 is 5.32 Å². The van der Waals surface area contributed by atoms with Crippen LogP contribution in [0.5, 0.6) is 5.75 Å². The van der Waals surface area contributed by atoms with E-state index in [9.17, 15) is 14.7 Å².